The number of carbonyl (C=O) groups is 1. The Kier molecular flexibility index (Phi) is 7.07. The van der Waals surface area contributed by atoms with Crippen LogP contribution in [-0.4, -0.2) is 38.1 Å². The number of hydrogen-bond donors (Lipinski definition) is 2. The fraction of sp³-hybridized carbons (Fsp3) is 0.222. The standard InChI is InChI=1S/C18H19IN2O5/c1-4-26-16-6-11(5-15(19)17(16)22)10-20-21-18(23)12-7-13(24-2)9-14(8-12)25-3/h5-10,22H,4H2,1-3H3,(H,21,23)/b20-10-. The quantitative estimate of drug-likeness (QED) is 0.369. The Hall–Kier alpha value is -2.49. The summed E-state index contributed by atoms with van der Waals surface area (Å²) >= 11 is 2.00. The minimum Gasteiger partial charge on any atom is -0.504 e. The van der Waals surface area contributed by atoms with E-state index in [1.54, 1.807) is 30.3 Å². The molecule has 0 saturated carbocycles. The molecule has 0 unspecified atom stereocenters. The molecule has 138 valence electrons. The number of phenolic OH excluding ortho intramolecular Hbond substituents is 1. The van der Waals surface area contributed by atoms with Crippen molar-refractivity contribution in [1.29, 1.82) is 0 Å². The van der Waals surface area contributed by atoms with Crippen molar-refractivity contribution >= 4 is 34.7 Å². The van der Waals surface area contributed by atoms with Crippen molar-refractivity contribution < 1.29 is 24.1 Å². The van der Waals surface area contributed by atoms with E-state index in [0.29, 0.717) is 38.6 Å². The molecule has 2 N–H and O–H groups in total. The summed E-state index contributed by atoms with van der Waals surface area (Å²) in [5.41, 5.74) is 3.48. The van der Waals surface area contributed by atoms with Crippen LogP contribution in [0.2, 0.25) is 0 Å². The summed E-state index contributed by atoms with van der Waals surface area (Å²) in [6.07, 6.45) is 1.47. The monoisotopic (exact) mass is 470 g/mol. The number of benzene rings is 2. The number of halogens is 1. The lowest BCUT2D eigenvalue weighted by molar-refractivity contribution is 0.0954. The number of phenols is 1. The molecule has 0 spiro atoms. The van der Waals surface area contributed by atoms with E-state index in [1.807, 2.05) is 29.5 Å². The Morgan fingerprint density at radius 1 is 1.19 bits per heavy atom. The number of methoxy groups -OCH3 is 2. The smallest absolute Gasteiger partial charge is 0.271 e. The molecule has 7 nitrogen and oxygen atoms in total. The summed E-state index contributed by atoms with van der Waals surface area (Å²) in [6.45, 7) is 2.26. The van der Waals surface area contributed by atoms with Crippen molar-refractivity contribution in [2.45, 2.75) is 6.92 Å². The first-order chi connectivity index (χ1) is 12.5. The molecule has 8 heteroatoms. The van der Waals surface area contributed by atoms with Crippen molar-refractivity contribution in [2.24, 2.45) is 5.10 Å². The van der Waals surface area contributed by atoms with Gasteiger partial charge in [-0.15, -0.1) is 0 Å². The Balaban J connectivity index is 2.14. The molecule has 0 atom stereocenters. The highest BCUT2D eigenvalue weighted by molar-refractivity contribution is 14.1. The molecule has 0 bridgehead atoms. The predicted octanol–water partition coefficient (Wildman–Crippen LogP) is 3.18. The van der Waals surface area contributed by atoms with Gasteiger partial charge in [-0.2, -0.15) is 5.10 Å². The number of nitrogens with one attached hydrogen (secondary N) is 1. The molecule has 2 aromatic carbocycles. The number of hydrogen-bond acceptors (Lipinski definition) is 6. The van der Waals surface area contributed by atoms with Gasteiger partial charge < -0.3 is 19.3 Å². The maximum absolute atomic E-state index is 12.3. The number of nitrogens with zero attached hydrogens (tertiary/aromatic N) is 1. The summed E-state index contributed by atoms with van der Waals surface area (Å²) in [4.78, 5) is 12.3. The molecule has 0 aliphatic heterocycles. The van der Waals surface area contributed by atoms with Crippen LogP contribution in [0.25, 0.3) is 0 Å². The first-order valence-corrected chi connectivity index (χ1v) is 8.78. The van der Waals surface area contributed by atoms with Gasteiger partial charge in [-0.05, 0) is 59.3 Å². The normalized spacial score (nSPS) is 10.6. The summed E-state index contributed by atoms with van der Waals surface area (Å²) in [6, 6.07) is 8.22. The van der Waals surface area contributed by atoms with Gasteiger partial charge in [0.1, 0.15) is 11.5 Å². The van der Waals surface area contributed by atoms with Crippen molar-refractivity contribution in [3.05, 3.63) is 45.0 Å². The summed E-state index contributed by atoms with van der Waals surface area (Å²) in [5, 5.41) is 13.9. The van der Waals surface area contributed by atoms with E-state index in [4.69, 9.17) is 14.2 Å². The SMILES string of the molecule is CCOc1cc(/C=N\NC(=O)c2cc(OC)cc(OC)c2)cc(I)c1O. The van der Waals surface area contributed by atoms with E-state index < -0.39 is 5.91 Å². The van der Waals surface area contributed by atoms with Gasteiger partial charge in [0.05, 0.1) is 30.6 Å². The molecule has 0 heterocycles. The van der Waals surface area contributed by atoms with Crippen LogP contribution in [0.3, 0.4) is 0 Å². The molecule has 1 amide bonds. The van der Waals surface area contributed by atoms with Gasteiger partial charge in [0.15, 0.2) is 11.5 Å². The molecule has 0 aromatic heterocycles. The zero-order valence-electron chi connectivity index (χ0n) is 14.6. The van der Waals surface area contributed by atoms with E-state index in [2.05, 4.69) is 10.5 Å². The maximum Gasteiger partial charge on any atom is 0.271 e. The third-order valence-corrected chi connectivity index (χ3v) is 4.17. The van der Waals surface area contributed by atoms with Crippen LogP contribution >= 0.6 is 22.6 Å². The first kappa shape index (κ1) is 19.8. The van der Waals surface area contributed by atoms with Crippen LogP contribution in [0, 0.1) is 3.57 Å². The highest BCUT2D eigenvalue weighted by Crippen LogP contribution is 2.32. The van der Waals surface area contributed by atoms with Crippen molar-refractivity contribution in [3.63, 3.8) is 0 Å². The molecule has 2 aromatic rings. The summed E-state index contributed by atoms with van der Waals surface area (Å²) in [7, 11) is 3.02. The van der Waals surface area contributed by atoms with Crippen LogP contribution in [-0.2, 0) is 0 Å². The average Bonchev–Trinajstić information content (AvgIpc) is 2.65. The van der Waals surface area contributed by atoms with Crippen molar-refractivity contribution in [1.82, 2.24) is 5.43 Å². The Morgan fingerprint density at radius 3 is 2.42 bits per heavy atom. The Labute approximate surface area is 165 Å². The maximum atomic E-state index is 12.3. The molecular formula is C18H19IN2O5. The number of amides is 1. The fourth-order valence-electron chi connectivity index (χ4n) is 2.10. The third kappa shape index (κ3) is 5.01. The lowest BCUT2D eigenvalue weighted by Gasteiger charge is -2.08. The van der Waals surface area contributed by atoms with Gasteiger partial charge in [-0.3, -0.25) is 4.79 Å². The van der Waals surface area contributed by atoms with Gasteiger partial charge in [0.2, 0.25) is 0 Å². The number of rotatable bonds is 7. The second kappa shape index (κ2) is 9.27. The number of aromatic hydroxyl groups is 1. The van der Waals surface area contributed by atoms with Crippen molar-refractivity contribution in [2.75, 3.05) is 20.8 Å². The summed E-state index contributed by atoms with van der Waals surface area (Å²) < 4.78 is 16.3. The Bertz CT molecular complexity index is 801. The van der Waals surface area contributed by atoms with Crippen LogP contribution in [0.5, 0.6) is 23.0 Å². The zero-order chi connectivity index (χ0) is 19.1. The van der Waals surface area contributed by atoms with Crippen LogP contribution < -0.4 is 19.6 Å². The molecule has 0 aliphatic carbocycles. The second-order valence-corrected chi connectivity index (χ2v) is 6.25. The highest BCUT2D eigenvalue weighted by atomic mass is 127. The number of carbonyl (C=O) groups excluding carboxylic acids is 1. The average molecular weight is 470 g/mol. The fourth-order valence-corrected chi connectivity index (χ4v) is 2.73. The highest BCUT2D eigenvalue weighted by Gasteiger charge is 2.10. The van der Waals surface area contributed by atoms with Gasteiger partial charge in [0.25, 0.3) is 5.91 Å². The third-order valence-electron chi connectivity index (χ3n) is 3.34. The van der Waals surface area contributed by atoms with E-state index >= 15 is 0 Å². The zero-order valence-corrected chi connectivity index (χ0v) is 16.7. The lowest BCUT2D eigenvalue weighted by Crippen LogP contribution is -2.17. The number of ether oxygens (including phenoxy) is 3. The van der Waals surface area contributed by atoms with E-state index in [1.165, 1.54) is 20.4 Å². The summed E-state index contributed by atoms with van der Waals surface area (Å²) in [5.74, 6) is 1.06. The minimum atomic E-state index is -0.406. The van der Waals surface area contributed by atoms with E-state index in [9.17, 15) is 9.90 Å². The predicted molar refractivity (Wildman–Crippen MR) is 107 cm³/mol. The second-order valence-electron chi connectivity index (χ2n) is 5.08. The molecule has 2 rings (SSSR count). The van der Waals surface area contributed by atoms with Gasteiger partial charge >= 0.3 is 0 Å². The minimum absolute atomic E-state index is 0.0807. The molecule has 0 radical (unpaired) electrons. The van der Waals surface area contributed by atoms with Crippen LogP contribution in [0.4, 0.5) is 0 Å². The number of hydrazone groups is 1. The molecule has 0 fully saturated rings. The largest absolute Gasteiger partial charge is 0.504 e. The lowest BCUT2D eigenvalue weighted by atomic mass is 10.2. The first-order valence-electron chi connectivity index (χ1n) is 7.70. The van der Waals surface area contributed by atoms with Gasteiger partial charge in [-0.25, -0.2) is 5.43 Å². The van der Waals surface area contributed by atoms with E-state index in [0.717, 1.165) is 0 Å². The Morgan fingerprint density at radius 2 is 1.85 bits per heavy atom. The molecular weight excluding hydrogens is 451 g/mol. The van der Waals surface area contributed by atoms with Gasteiger partial charge in [0, 0.05) is 11.6 Å². The molecule has 0 saturated heterocycles. The topological polar surface area (TPSA) is 89.4 Å². The van der Waals surface area contributed by atoms with Gasteiger partial charge in [-0.1, -0.05) is 0 Å². The molecule has 0 aliphatic rings. The molecule has 26 heavy (non-hydrogen) atoms. The van der Waals surface area contributed by atoms with Crippen LogP contribution in [0.15, 0.2) is 35.4 Å². The van der Waals surface area contributed by atoms with Crippen molar-refractivity contribution in [3.8, 4) is 23.0 Å². The van der Waals surface area contributed by atoms with E-state index in [-0.39, 0.29) is 5.75 Å². The van der Waals surface area contributed by atoms with Crippen LogP contribution in [0.1, 0.15) is 22.8 Å².